The molecule has 2 saturated carbocycles. The van der Waals surface area contributed by atoms with Crippen LogP contribution in [-0.4, -0.2) is 104 Å². The Kier molecular flexibility index (Phi) is 11.3. The quantitative estimate of drug-likeness (QED) is 0.168. The first kappa shape index (κ1) is 42.4. The smallest absolute Gasteiger partial charge is 0.338 e. The number of ether oxygens (including phenoxy) is 4. The molecule has 1 unspecified atom stereocenters. The molecule has 316 valence electrons. The van der Waals surface area contributed by atoms with Crippen LogP contribution in [0.1, 0.15) is 94.2 Å². The van der Waals surface area contributed by atoms with Gasteiger partial charge in [0.1, 0.15) is 30.0 Å². The zero-order valence-electron chi connectivity index (χ0n) is 33.9. The molecule has 3 fully saturated rings. The van der Waals surface area contributed by atoms with Gasteiger partial charge < -0.3 is 44.7 Å². The van der Waals surface area contributed by atoms with Crippen LogP contribution < -0.4 is 5.32 Å². The van der Waals surface area contributed by atoms with Crippen molar-refractivity contribution in [2.75, 3.05) is 6.61 Å². The van der Waals surface area contributed by atoms with Gasteiger partial charge in [0.2, 0.25) is 5.91 Å². The molecule has 5 bridgehead atoms. The van der Waals surface area contributed by atoms with Gasteiger partial charge in [-0.05, 0) is 67.5 Å². The number of aliphatic hydroxyl groups is 4. The average molecular weight is 816 g/mol. The van der Waals surface area contributed by atoms with Crippen LogP contribution in [0.15, 0.2) is 77.9 Å². The highest BCUT2D eigenvalue weighted by atomic mass is 16.6. The number of aliphatic hydroxyl groups excluding tert-OH is 3. The fourth-order valence-corrected chi connectivity index (χ4v) is 10.3. The van der Waals surface area contributed by atoms with E-state index in [-0.39, 0.29) is 36.2 Å². The number of hydrogen-bond donors (Lipinski definition) is 5. The van der Waals surface area contributed by atoms with Crippen LogP contribution in [0.3, 0.4) is 0 Å². The fourth-order valence-electron chi connectivity index (χ4n) is 10.3. The Hall–Kier alpha value is -4.73. The lowest BCUT2D eigenvalue weighted by Crippen LogP contribution is -2.81. The third-order valence-electron chi connectivity index (χ3n) is 13.7. The van der Waals surface area contributed by atoms with Crippen LogP contribution >= 0.6 is 0 Å². The minimum absolute atomic E-state index is 0.0373. The topological polar surface area (TPSA) is 215 Å². The van der Waals surface area contributed by atoms with Crippen molar-refractivity contribution in [3.05, 3.63) is 94.6 Å². The normalized spacial score (nSPS) is 38.1. The lowest BCUT2D eigenvalue weighted by molar-refractivity contribution is -0.346. The number of rotatable bonds is 2. The van der Waals surface area contributed by atoms with Crippen molar-refractivity contribution < 1.29 is 63.3 Å². The van der Waals surface area contributed by atoms with E-state index in [4.69, 9.17) is 18.9 Å². The molecule has 0 spiro atoms. The summed E-state index contributed by atoms with van der Waals surface area (Å²) in [5, 5.41) is 52.1. The second kappa shape index (κ2) is 15.7. The number of fused-ring (bicyclic) bond motifs is 17. The molecular formula is C45H53NO13. The minimum Gasteiger partial charge on any atom is -0.456 e. The van der Waals surface area contributed by atoms with E-state index in [1.807, 2.05) is 12.2 Å². The Morgan fingerprint density at radius 1 is 0.932 bits per heavy atom. The maximum Gasteiger partial charge on any atom is 0.338 e. The van der Waals surface area contributed by atoms with Crippen LogP contribution in [-0.2, 0) is 44.5 Å². The first-order valence-electron chi connectivity index (χ1n) is 20.2. The highest BCUT2D eigenvalue weighted by Crippen LogP contribution is 2.64. The summed E-state index contributed by atoms with van der Waals surface area (Å²) in [5.41, 5.74) is -6.13. The van der Waals surface area contributed by atoms with Gasteiger partial charge in [-0.3, -0.25) is 14.4 Å². The maximum atomic E-state index is 15.0. The van der Waals surface area contributed by atoms with E-state index < -0.39 is 107 Å². The number of esters is 3. The Morgan fingerprint density at radius 2 is 1.63 bits per heavy atom. The van der Waals surface area contributed by atoms with Crippen molar-refractivity contribution in [3.8, 4) is 0 Å². The van der Waals surface area contributed by atoms with Gasteiger partial charge in [-0.2, -0.15) is 0 Å². The number of hydrogen-bond acceptors (Lipinski definition) is 13. The molecule has 2 aromatic carbocycles. The van der Waals surface area contributed by atoms with Crippen LogP contribution in [0.5, 0.6) is 0 Å². The summed E-state index contributed by atoms with van der Waals surface area (Å²) in [7, 11) is 0. The predicted octanol–water partition coefficient (Wildman–Crippen LogP) is 3.13. The summed E-state index contributed by atoms with van der Waals surface area (Å²) in [6.07, 6.45) is -4.76. The van der Waals surface area contributed by atoms with Gasteiger partial charge in [0.15, 0.2) is 17.5 Å². The Morgan fingerprint density at radius 3 is 2.27 bits per heavy atom. The number of amides is 1. The Bertz CT molecular complexity index is 2060. The molecule has 3 aliphatic carbocycles. The Labute approximate surface area is 342 Å². The molecule has 0 radical (unpaired) electrons. The first-order valence-corrected chi connectivity index (χ1v) is 20.2. The fraction of sp³-hybridized carbons (Fsp3) is 0.533. The van der Waals surface area contributed by atoms with Crippen LogP contribution in [0.4, 0.5) is 0 Å². The van der Waals surface area contributed by atoms with E-state index >= 15 is 4.79 Å². The molecular weight excluding hydrogens is 762 g/mol. The average Bonchev–Trinajstić information content (AvgIpc) is 3.19. The summed E-state index contributed by atoms with van der Waals surface area (Å²) in [6.45, 7) is 6.97. The number of allylic oxidation sites excluding steroid dienone is 2. The number of Topliss-reactive ketones (excluding diaryl/α,β-unsaturated/α-hetero) is 1. The summed E-state index contributed by atoms with van der Waals surface area (Å²) in [4.78, 5) is 69.7. The molecule has 3 aliphatic heterocycles. The molecule has 1 saturated heterocycles. The molecule has 0 aromatic heterocycles. The highest BCUT2D eigenvalue weighted by Gasteiger charge is 2.78. The van der Waals surface area contributed by atoms with E-state index in [2.05, 4.69) is 5.32 Å². The highest BCUT2D eigenvalue weighted by molar-refractivity contribution is 5.94. The maximum absolute atomic E-state index is 15.0. The number of carbonyl (C=O) groups is 5. The molecule has 3 heterocycles. The van der Waals surface area contributed by atoms with Gasteiger partial charge in [0.25, 0.3) is 0 Å². The Balaban J connectivity index is 1.42. The monoisotopic (exact) mass is 815 g/mol. The molecule has 2 aromatic rings. The lowest BCUT2D eigenvalue weighted by atomic mass is 9.44. The van der Waals surface area contributed by atoms with Crippen molar-refractivity contribution in [2.45, 2.75) is 127 Å². The predicted molar refractivity (Wildman–Crippen MR) is 209 cm³/mol. The summed E-state index contributed by atoms with van der Waals surface area (Å²) < 4.78 is 24.3. The number of nitrogens with one attached hydrogen (secondary N) is 1. The summed E-state index contributed by atoms with van der Waals surface area (Å²) >= 11 is 0. The van der Waals surface area contributed by atoms with E-state index in [1.54, 1.807) is 68.4 Å². The van der Waals surface area contributed by atoms with Gasteiger partial charge in [0, 0.05) is 31.6 Å². The molecule has 1 amide bonds. The van der Waals surface area contributed by atoms with Gasteiger partial charge >= 0.3 is 17.9 Å². The molecule has 5 N–H and O–H groups in total. The van der Waals surface area contributed by atoms with Crippen molar-refractivity contribution in [3.63, 3.8) is 0 Å². The minimum atomic E-state index is -2.33. The van der Waals surface area contributed by atoms with E-state index in [0.29, 0.717) is 24.8 Å². The van der Waals surface area contributed by atoms with Crippen molar-refractivity contribution in [1.82, 2.24) is 5.32 Å². The van der Waals surface area contributed by atoms with E-state index in [9.17, 15) is 39.6 Å². The first-order chi connectivity index (χ1) is 27.9. The molecule has 6 aliphatic rings. The van der Waals surface area contributed by atoms with Gasteiger partial charge in [-0.15, -0.1) is 0 Å². The van der Waals surface area contributed by atoms with Crippen molar-refractivity contribution >= 4 is 29.6 Å². The van der Waals surface area contributed by atoms with Gasteiger partial charge in [0.05, 0.1) is 35.6 Å². The summed E-state index contributed by atoms with van der Waals surface area (Å²) in [5.74, 6) is -5.64. The second-order valence-corrected chi connectivity index (χ2v) is 17.4. The standard InChI is InChI=1S/C45H53NO13/c1-24-29-22-45(55)39(37-43(5,38(52)35(50)33(24)42(45,3)4)30(48)21-31-44(37,23-56-31)59-25(2)47)58-40(53)28-19-17-26(18-20-28)13-9-6-7-12-16-32(49)46-34(36(51)41(54)57-29)27-14-10-8-11-15-27/h6,8-11,14-15,17-20,29-31,34-37,39,48,50-51,55H,7,12-13,16,21-23H2,1-5H3,(H,46,49)/b9-6+/t29-,30-,31+,34-,35+,36+,37?,39-,43+,44-,45+/m0/s1. The lowest BCUT2D eigenvalue weighted by Gasteiger charge is -2.67. The van der Waals surface area contributed by atoms with Crippen LogP contribution in [0.25, 0.3) is 0 Å². The van der Waals surface area contributed by atoms with Gasteiger partial charge in [-0.25, -0.2) is 9.59 Å². The largest absolute Gasteiger partial charge is 0.456 e. The van der Waals surface area contributed by atoms with E-state index in [1.165, 1.54) is 20.8 Å². The van der Waals surface area contributed by atoms with Gasteiger partial charge in [-0.1, -0.05) is 68.5 Å². The molecule has 59 heavy (non-hydrogen) atoms. The molecule has 14 nitrogen and oxygen atoms in total. The molecule has 8 rings (SSSR count). The molecule has 14 heteroatoms. The van der Waals surface area contributed by atoms with Crippen LogP contribution in [0, 0.1) is 16.7 Å². The zero-order valence-corrected chi connectivity index (χ0v) is 33.9. The third-order valence-corrected chi connectivity index (χ3v) is 13.7. The van der Waals surface area contributed by atoms with Crippen molar-refractivity contribution in [2.24, 2.45) is 16.7 Å². The second-order valence-electron chi connectivity index (χ2n) is 17.4. The summed E-state index contributed by atoms with van der Waals surface area (Å²) in [6, 6.07) is 13.8. The SMILES string of the molecule is CC(=O)O[C@@]12CO[C@@H]1C[C@H](O)[C@@]1(C)C(=O)[C@H](O)C3=C(C)[C@@H]4C[C@@](O)([C@@H](OC(=O)c5ccc(cc5)C/C=C/CCCC(=O)N[C@@H](c5ccccc5)[C@@H](O)C(=O)O4)C12)C3(C)C. The zero-order chi connectivity index (χ0) is 42.7. The van der Waals surface area contributed by atoms with E-state index in [0.717, 1.165) is 5.56 Å². The van der Waals surface area contributed by atoms with Crippen molar-refractivity contribution in [1.29, 1.82) is 0 Å². The number of ketones is 1. The number of carbonyl (C=O) groups excluding carboxylic acids is 5. The molecule has 11 atom stereocenters. The number of benzene rings is 2. The van der Waals surface area contributed by atoms with Crippen LogP contribution in [0.2, 0.25) is 0 Å². The third kappa shape index (κ3) is 7.02.